The summed E-state index contributed by atoms with van der Waals surface area (Å²) in [6.07, 6.45) is 1.65. The van der Waals surface area contributed by atoms with Crippen molar-refractivity contribution in [2.45, 2.75) is 26.4 Å². The standard InChI is InChI=1S/C13H19N2O4P/c1-4-13(19-20(3)18-10-14-5-2)11-8-6-7-9-12(11)15(16)17/h6-10,13H,4-5H2,1-3H3. The van der Waals surface area contributed by atoms with Gasteiger partial charge in [0.15, 0.2) is 6.40 Å². The van der Waals surface area contributed by atoms with Crippen LogP contribution >= 0.6 is 8.38 Å². The maximum absolute atomic E-state index is 11.0. The second-order valence-corrected chi connectivity index (χ2v) is 5.27. The van der Waals surface area contributed by atoms with E-state index < -0.39 is 13.3 Å². The molecule has 0 saturated carbocycles. The first-order valence-corrected chi connectivity index (χ1v) is 8.01. The summed E-state index contributed by atoms with van der Waals surface area (Å²) in [6.45, 7) is 6.27. The molecule has 0 N–H and O–H groups in total. The Morgan fingerprint density at radius 3 is 2.75 bits per heavy atom. The van der Waals surface area contributed by atoms with Crippen LogP contribution < -0.4 is 0 Å². The number of rotatable bonds is 8. The maximum Gasteiger partial charge on any atom is 0.275 e. The summed E-state index contributed by atoms with van der Waals surface area (Å²) in [4.78, 5) is 14.6. The number of hydrogen-bond donors (Lipinski definition) is 0. The van der Waals surface area contributed by atoms with Crippen LogP contribution in [-0.2, 0) is 9.05 Å². The third kappa shape index (κ3) is 4.87. The van der Waals surface area contributed by atoms with Gasteiger partial charge < -0.3 is 9.05 Å². The van der Waals surface area contributed by atoms with Crippen molar-refractivity contribution in [3.05, 3.63) is 39.9 Å². The predicted molar refractivity (Wildman–Crippen MR) is 80.2 cm³/mol. The van der Waals surface area contributed by atoms with Crippen LogP contribution in [0.1, 0.15) is 31.9 Å². The van der Waals surface area contributed by atoms with Crippen molar-refractivity contribution in [3.63, 3.8) is 0 Å². The van der Waals surface area contributed by atoms with Gasteiger partial charge in [0.05, 0.1) is 16.6 Å². The fourth-order valence-corrected chi connectivity index (χ4v) is 2.53. The molecule has 0 fully saturated rings. The first kappa shape index (κ1) is 16.5. The van der Waals surface area contributed by atoms with Gasteiger partial charge in [-0.25, -0.2) is 0 Å². The monoisotopic (exact) mass is 298 g/mol. The fraction of sp³-hybridized carbons (Fsp3) is 0.462. The first-order chi connectivity index (χ1) is 9.60. The highest BCUT2D eigenvalue weighted by molar-refractivity contribution is 7.46. The summed E-state index contributed by atoms with van der Waals surface area (Å²) in [5, 5.41) is 11.0. The smallest absolute Gasteiger partial charge is 0.275 e. The minimum Gasteiger partial charge on any atom is -0.437 e. The average Bonchev–Trinajstić information content (AvgIpc) is 2.45. The summed E-state index contributed by atoms with van der Waals surface area (Å²) < 4.78 is 11.1. The molecule has 1 aromatic carbocycles. The molecule has 0 bridgehead atoms. The lowest BCUT2D eigenvalue weighted by Crippen LogP contribution is -2.04. The fourth-order valence-electron chi connectivity index (χ4n) is 1.66. The second-order valence-electron chi connectivity index (χ2n) is 3.97. The number of benzene rings is 1. The maximum atomic E-state index is 11.0. The highest BCUT2D eigenvalue weighted by atomic mass is 31.2. The van der Waals surface area contributed by atoms with E-state index in [1.165, 1.54) is 12.5 Å². The van der Waals surface area contributed by atoms with E-state index in [1.807, 2.05) is 13.8 Å². The van der Waals surface area contributed by atoms with E-state index in [2.05, 4.69) is 4.99 Å². The van der Waals surface area contributed by atoms with Gasteiger partial charge in [-0.3, -0.25) is 15.1 Å². The third-order valence-corrected chi connectivity index (χ3v) is 3.52. The zero-order valence-electron chi connectivity index (χ0n) is 11.9. The number of para-hydroxylation sites is 1. The quantitative estimate of drug-likeness (QED) is 0.238. The summed E-state index contributed by atoms with van der Waals surface area (Å²) in [6, 6.07) is 6.62. The van der Waals surface area contributed by atoms with Crippen LogP contribution in [0.4, 0.5) is 5.69 Å². The SMILES string of the molecule is CCN=COP(C)OC(CC)c1ccccc1[N+](=O)[O-]. The van der Waals surface area contributed by atoms with Crippen LogP contribution in [-0.4, -0.2) is 24.5 Å². The van der Waals surface area contributed by atoms with Gasteiger partial charge in [0.1, 0.15) is 0 Å². The van der Waals surface area contributed by atoms with Crippen LogP contribution in [0.15, 0.2) is 29.3 Å². The minimum atomic E-state index is -1.16. The van der Waals surface area contributed by atoms with Crippen LogP contribution in [0.25, 0.3) is 0 Å². The van der Waals surface area contributed by atoms with Crippen LogP contribution in [0.5, 0.6) is 0 Å². The van der Waals surface area contributed by atoms with Crippen molar-refractivity contribution < 1.29 is 14.0 Å². The Morgan fingerprint density at radius 1 is 1.45 bits per heavy atom. The van der Waals surface area contributed by atoms with Crippen molar-refractivity contribution >= 4 is 20.5 Å². The second kappa shape index (κ2) is 8.61. The molecule has 2 unspecified atom stereocenters. The molecule has 0 heterocycles. The Bertz CT molecular complexity index is 467. The van der Waals surface area contributed by atoms with Gasteiger partial charge in [-0.1, -0.05) is 19.1 Å². The lowest BCUT2D eigenvalue weighted by Gasteiger charge is -2.19. The van der Waals surface area contributed by atoms with Crippen molar-refractivity contribution in [1.82, 2.24) is 0 Å². The molecule has 0 amide bonds. The van der Waals surface area contributed by atoms with E-state index >= 15 is 0 Å². The van der Waals surface area contributed by atoms with Crippen molar-refractivity contribution in [1.29, 1.82) is 0 Å². The molecule has 0 saturated heterocycles. The summed E-state index contributed by atoms with van der Waals surface area (Å²) in [7, 11) is -1.16. The normalized spacial score (nSPS) is 14.2. The van der Waals surface area contributed by atoms with E-state index in [0.29, 0.717) is 18.5 Å². The molecule has 0 aliphatic rings. The molecule has 1 aromatic rings. The molecule has 0 radical (unpaired) electrons. The molecule has 20 heavy (non-hydrogen) atoms. The molecular weight excluding hydrogens is 279 g/mol. The highest BCUT2D eigenvalue weighted by Gasteiger charge is 2.23. The van der Waals surface area contributed by atoms with Gasteiger partial charge in [0.2, 0.25) is 8.38 Å². The first-order valence-electron chi connectivity index (χ1n) is 6.39. The lowest BCUT2D eigenvalue weighted by molar-refractivity contribution is -0.386. The molecule has 0 aliphatic heterocycles. The largest absolute Gasteiger partial charge is 0.437 e. The summed E-state index contributed by atoms with van der Waals surface area (Å²) in [5.41, 5.74) is 0.648. The average molecular weight is 298 g/mol. The zero-order chi connectivity index (χ0) is 15.0. The van der Waals surface area contributed by atoms with Crippen LogP contribution in [0.2, 0.25) is 0 Å². The molecule has 0 aliphatic carbocycles. The summed E-state index contributed by atoms with van der Waals surface area (Å²) >= 11 is 0. The topological polar surface area (TPSA) is 74.0 Å². The van der Waals surface area contributed by atoms with E-state index in [1.54, 1.807) is 24.9 Å². The molecule has 0 spiro atoms. The number of hydrogen-bond acceptors (Lipinski definition) is 5. The Labute approximate surface area is 119 Å². The number of aliphatic imine (C=N–C) groups is 1. The van der Waals surface area contributed by atoms with Gasteiger partial charge in [-0.15, -0.1) is 0 Å². The van der Waals surface area contributed by atoms with Gasteiger partial charge in [0.25, 0.3) is 5.69 Å². The molecular formula is C13H19N2O4P. The molecule has 7 heteroatoms. The van der Waals surface area contributed by atoms with E-state index in [4.69, 9.17) is 9.05 Å². The van der Waals surface area contributed by atoms with Crippen molar-refractivity contribution in [2.24, 2.45) is 4.99 Å². The molecule has 110 valence electrons. The van der Waals surface area contributed by atoms with Crippen LogP contribution in [0, 0.1) is 10.1 Å². The van der Waals surface area contributed by atoms with Crippen molar-refractivity contribution in [2.75, 3.05) is 13.2 Å². The Hall–Kier alpha value is -1.52. The van der Waals surface area contributed by atoms with Crippen LogP contribution in [0.3, 0.4) is 0 Å². The van der Waals surface area contributed by atoms with Gasteiger partial charge in [0, 0.05) is 19.3 Å². The molecule has 0 aromatic heterocycles. The Balaban J connectivity index is 2.80. The van der Waals surface area contributed by atoms with Gasteiger partial charge in [-0.2, -0.15) is 0 Å². The number of nitro benzene ring substituents is 1. The predicted octanol–water partition coefficient (Wildman–Crippen LogP) is 4.07. The summed E-state index contributed by atoms with van der Waals surface area (Å²) in [5.74, 6) is 0. The van der Waals surface area contributed by atoms with Gasteiger partial charge in [-0.05, 0) is 19.4 Å². The Kier molecular flexibility index (Phi) is 7.12. The molecule has 6 nitrogen and oxygen atoms in total. The highest BCUT2D eigenvalue weighted by Crippen LogP contribution is 2.42. The zero-order valence-corrected chi connectivity index (χ0v) is 12.7. The third-order valence-electron chi connectivity index (χ3n) is 2.58. The minimum absolute atomic E-state index is 0.0741. The molecule has 1 rings (SSSR count). The molecule has 2 atom stereocenters. The van der Waals surface area contributed by atoms with Crippen molar-refractivity contribution in [3.8, 4) is 0 Å². The van der Waals surface area contributed by atoms with Gasteiger partial charge >= 0.3 is 0 Å². The van der Waals surface area contributed by atoms with E-state index in [-0.39, 0.29) is 11.8 Å². The van der Waals surface area contributed by atoms with E-state index in [9.17, 15) is 10.1 Å². The van der Waals surface area contributed by atoms with E-state index in [0.717, 1.165) is 0 Å². The number of nitro groups is 1. The number of nitrogens with zero attached hydrogens (tertiary/aromatic N) is 2. The Morgan fingerprint density at radius 2 is 2.15 bits per heavy atom. The lowest BCUT2D eigenvalue weighted by atomic mass is 10.1.